The number of anilines is 1. The number of phenols is 2. The van der Waals surface area contributed by atoms with Crippen molar-refractivity contribution < 1.29 is 83.1 Å². The molecule has 0 aliphatic heterocycles. The van der Waals surface area contributed by atoms with Crippen molar-refractivity contribution in [1.82, 2.24) is 14.9 Å². The summed E-state index contributed by atoms with van der Waals surface area (Å²) in [6.07, 6.45) is 4.12. The largest absolute Gasteiger partial charge is 0.506 e. The lowest BCUT2D eigenvalue weighted by Gasteiger charge is -2.11. The molecule has 0 aliphatic carbocycles. The first kappa shape index (κ1) is 47.7. The average Bonchev–Trinajstić information content (AvgIpc) is 3.90. The third-order valence-electron chi connectivity index (χ3n) is 7.82. The van der Waals surface area contributed by atoms with Gasteiger partial charge in [-0.3, -0.25) is 9.79 Å². The van der Waals surface area contributed by atoms with Crippen LogP contribution in [0.4, 0.5) is 46.5 Å². The zero-order valence-electron chi connectivity index (χ0n) is 32.8. The molecule has 0 fully saturated rings. The minimum absolute atomic E-state index is 0.0337. The summed E-state index contributed by atoms with van der Waals surface area (Å²) >= 11 is 0. The maximum atomic E-state index is 14.0. The summed E-state index contributed by atoms with van der Waals surface area (Å²) in [7, 11) is 2.93. The number of aliphatic hydroxyl groups is 1. The van der Waals surface area contributed by atoms with Crippen LogP contribution in [0.3, 0.4) is 0 Å². The van der Waals surface area contributed by atoms with Crippen LogP contribution in [0.1, 0.15) is 29.8 Å². The van der Waals surface area contributed by atoms with E-state index in [0.717, 1.165) is 12.6 Å². The van der Waals surface area contributed by atoms with Crippen molar-refractivity contribution in [2.24, 2.45) is 4.99 Å². The Morgan fingerprint density at radius 2 is 1.21 bits per heavy atom. The van der Waals surface area contributed by atoms with Crippen LogP contribution in [0.2, 0.25) is 0 Å². The van der Waals surface area contributed by atoms with Gasteiger partial charge in [0.1, 0.15) is 45.1 Å². The number of aliphatic imine (C=N–C) groups is 1. The molecule has 6 aromatic rings. The number of nitrogens with zero attached hydrogens (tertiary/aromatic N) is 4. The van der Waals surface area contributed by atoms with E-state index in [1.165, 1.54) is 63.5 Å². The zero-order chi connectivity index (χ0) is 46.9. The lowest BCUT2D eigenvalue weighted by atomic mass is 10.0. The lowest BCUT2D eigenvalue weighted by molar-refractivity contribution is -0.138. The highest BCUT2D eigenvalue weighted by atomic mass is 19.2. The molecule has 0 saturated carbocycles. The van der Waals surface area contributed by atoms with E-state index in [1.54, 1.807) is 0 Å². The van der Waals surface area contributed by atoms with Crippen LogP contribution in [0.15, 0.2) is 80.4 Å². The van der Waals surface area contributed by atoms with Gasteiger partial charge in [-0.15, -0.1) is 0 Å². The third-order valence-corrected chi connectivity index (χ3v) is 7.82. The van der Waals surface area contributed by atoms with Crippen LogP contribution in [0.5, 0.6) is 11.5 Å². The number of phenolic OH excluding ortho intramolecular Hbond substituents is 2. The molecule has 0 spiro atoms. The normalized spacial score (nSPS) is 11.7. The number of aromatic nitrogens is 2. The second kappa shape index (κ2) is 20.5. The molecule has 63 heavy (non-hydrogen) atoms. The van der Waals surface area contributed by atoms with Crippen LogP contribution in [-0.2, 0) is 19.1 Å². The van der Waals surface area contributed by atoms with Crippen molar-refractivity contribution in [2.75, 3.05) is 33.0 Å². The lowest BCUT2D eigenvalue weighted by Crippen LogP contribution is -2.21. The zero-order valence-corrected chi connectivity index (χ0v) is 32.8. The molecule has 23 heteroatoms. The molecular formula is C40H31F8N5O10. The summed E-state index contributed by atoms with van der Waals surface area (Å²) in [6, 6.07) is 5.84. The predicted molar refractivity (Wildman–Crippen MR) is 205 cm³/mol. The highest BCUT2D eigenvalue weighted by molar-refractivity contribution is 6.24. The Kier molecular flexibility index (Phi) is 15.5. The molecule has 0 atom stereocenters. The fourth-order valence-electron chi connectivity index (χ4n) is 4.89. The number of hydrogen-bond acceptors (Lipinski definition) is 15. The summed E-state index contributed by atoms with van der Waals surface area (Å²) in [4.78, 5) is 48.8. The standard InChI is InChI=1S/C19H12F4N2O5.C14H13F4NO3.C7H6N2O2/c1-2-29-19(28)9(18(27)8-3-10(20)16(22)17(23)15(8)21)6-24-11-5-14-12(4-13(11)26)25-7-30-14;1-4-22-14(21)8(6-19(2)3)13(20)7-5-9(15)11(17)12(18)10(7)16;8-4-1-7-5(2-6(4)10)9-3-11-7/h3-7,26-27H,2H2,1H3;5-6H,4H2,1-3H3;1-3,10H,8H2. The number of fused-ring (bicyclic) bond motifs is 2. The molecule has 0 radical (unpaired) electrons. The minimum Gasteiger partial charge on any atom is -0.506 e. The Bertz CT molecular complexity index is 2770. The van der Waals surface area contributed by atoms with Crippen LogP contribution in [0, 0.1) is 46.5 Å². The van der Waals surface area contributed by atoms with Gasteiger partial charge < -0.3 is 44.3 Å². The fourth-order valence-corrected chi connectivity index (χ4v) is 4.89. The van der Waals surface area contributed by atoms with Gasteiger partial charge in [0.2, 0.25) is 5.78 Å². The van der Waals surface area contributed by atoms with Crippen molar-refractivity contribution in [3.8, 4) is 11.5 Å². The van der Waals surface area contributed by atoms with Gasteiger partial charge in [0.05, 0.1) is 30.0 Å². The topological polar surface area (TPSA) is 224 Å². The monoisotopic (exact) mass is 893 g/mol. The molecule has 2 heterocycles. The quantitative estimate of drug-likeness (QED) is 0.00835. The molecule has 5 N–H and O–H groups in total. The number of aliphatic hydroxyl groups excluding tert-OH is 1. The number of esters is 2. The molecule has 6 rings (SSSR count). The molecular weight excluding hydrogens is 862 g/mol. The number of carbonyl (C=O) groups is 3. The molecule has 0 unspecified atom stereocenters. The summed E-state index contributed by atoms with van der Waals surface area (Å²) in [6.45, 7) is 2.69. The summed E-state index contributed by atoms with van der Waals surface area (Å²) in [5.74, 6) is -21.0. The van der Waals surface area contributed by atoms with Gasteiger partial charge in [0, 0.05) is 50.8 Å². The van der Waals surface area contributed by atoms with E-state index in [2.05, 4.69) is 19.7 Å². The van der Waals surface area contributed by atoms with E-state index in [9.17, 15) is 59.7 Å². The number of halogens is 8. The second-order valence-electron chi connectivity index (χ2n) is 12.4. The van der Waals surface area contributed by atoms with E-state index in [-0.39, 0.29) is 48.1 Å². The van der Waals surface area contributed by atoms with Crippen molar-refractivity contribution >= 4 is 63.3 Å². The maximum Gasteiger partial charge on any atom is 0.343 e. The van der Waals surface area contributed by atoms with Crippen LogP contribution in [-0.4, -0.2) is 81.4 Å². The number of ether oxygens (including phenoxy) is 2. The van der Waals surface area contributed by atoms with Gasteiger partial charge in [0.25, 0.3) is 0 Å². The molecule has 0 bridgehead atoms. The van der Waals surface area contributed by atoms with Crippen molar-refractivity contribution in [3.63, 3.8) is 0 Å². The van der Waals surface area contributed by atoms with E-state index in [0.29, 0.717) is 28.5 Å². The Morgan fingerprint density at radius 1 is 0.714 bits per heavy atom. The van der Waals surface area contributed by atoms with E-state index < -0.39 is 92.3 Å². The SMILES string of the molecule is CCOC(=O)C(=CN(C)C)C(=O)c1cc(F)c(F)c(F)c1F.CCOC(=O)C(C=Nc1cc2ocnc2cc1O)=C(O)c1cc(F)c(F)c(F)c1F.Nc1cc2ocnc2cc1O. The number of hydrogen-bond donors (Lipinski definition) is 4. The summed E-state index contributed by atoms with van der Waals surface area (Å²) in [5, 5.41) is 29.4. The number of Topliss-reactive ketones (excluding diaryl/α,β-unsaturated/α-hetero) is 1. The first-order chi connectivity index (χ1) is 29.7. The minimum atomic E-state index is -2.18. The molecule has 0 amide bonds. The van der Waals surface area contributed by atoms with Gasteiger partial charge >= 0.3 is 11.9 Å². The Morgan fingerprint density at radius 3 is 1.75 bits per heavy atom. The fraction of sp³-hybridized carbons (Fsp3) is 0.150. The molecule has 4 aromatic carbocycles. The Balaban J connectivity index is 0.000000229. The van der Waals surface area contributed by atoms with E-state index >= 15 is 0 Å². The number of carbonyl (C=O) groups excluding carboxylic acids is 3. The summed E-state index contributed by atoms with van der Waals surface area (Å²) < 4.78 is 127. The van der Waals surface area contributed by atoms with Crippen molar-refractivity contribution in [3.05, 3.63) is 124 Å². The first-order valence-corrected chi connectivity index (χ1v) is 17.5. The van der Waals surface area contributed by atoms with Crippen LogP contribution < -0.4 is 5.73 Å². The number of benzene rings is 4. The smallest absolute Gasteiger partial charge is 0.343 e. The van der Waals surface area contributed by atoms with E-state index in [4.69, 9.17) is 24.4 Å². The molecule has 2 aromatic heterocycles. The number of rotatable bonds is 10. The van der Waals surface area contributed by atoms with Crippen LogP contribution in [0.25, 0.3) is 28.0 Å². The number of oxazole rings is 2. The van der Waals surface area contributed by atoms with Gasteiger partial charge in [-0.1, -0.05) is 0 Å². The highest BCUT2D eigenvalue weighted by Crippen LogP contribution is 2.32. The maximum absolute atomic E-state index is 14.0. The van der Waals surface area contributed by atoms with Gasteiger partial charge in [0.15, 0.2) is 70.5 Å². The molecule has 15 nitrogen and oxygen atoms in total. The number of ketones is 1. The number of nitrogen functional groups attached to an aromatic ring is 1. The number of aromatic hydroxyl groups is 2. The Labute approximate surface area is 348 Å². The van der Waals surface area contributed by atoms with Gasteiger partial charge in [-0.2, -0.15) is 0 Å². The number of nitrogens with two attached hydrogens (primary N) is 1. The van der Waals surface area contributed by atoms with Crippen LogP contribution >= 0.6 is 0 Å². The van der Waals surface area contributed by atoms with Gasteiger partial charge in [-0.05, 0) is 26.0 Å². The summed E-state index contributed by atoms with van der Waals surface area (Å²) in [5.41, 5.74) is 3.64. The molecule has 332 valence electrons. The molecule has 0 aliphatic rings. The second-order valence-corrected chi connectivity index (χ2v) is 12.4. The van der Waals surface area contributed by atoms with E-state index in [1.807, 2.05) is 0 Å². The van der Waals surface area contributed by atoms with Crippen molar-refractivity contribution in [2.45, 2.75) is 13.8 Å². The average molecular weight is 894 g/mol. The highest BCUT2D eigenvalue weighted by Gasteiger charge is 2.29. The van der Waals surface area contributed by atoms with Crippen molar-refractivity contribution in [1.29, 1.82) is 0 Å². The first-order valence-electron chi connectivity index (χ1n) is 17.5. The third kappa shape index (κ3) is 11.0. The molecule has 0 saturated heterocycles. The predicted octanol–water partition coefficient (Wildman–Crippen LogP) is 7.87. The van der Waals surface area contributed by atoms with Gasteiger partial charge in [-0.25, -0.2) is 54.7 Å². The Hall–Kier alpha value is -7.98.